The van der Waals surface area contributed by atoms with E-state index in [0.29, 0.717) is 6.04 Å². The molecular weight excluding hydrogens is 284 g/mol. The van der Waals surface area contributed by atoms with Crippen LogP contribution in [0.15, 0.2) is 17.7 Å². The molecule has 1 saturated carbocycles. The molecule has 1 aromatic heterocycles. The molecule has 0 amide bonds. The highest BCUT2D eigenvalue weighted by molar-refractivity contribution is 5.48. The van der Waals surface area contributed by atoms with Gasteiger partial charge in [-0.1, -0.05) is 30.9 Å². The Labute approximate surface area is 140 Å². The molecule has 126 valence electrons. The van der Waals surface area contributed by atoms with Crippen LogP contribution >= 0.6 is 0 Å². The molecule has 1 aromatic rings. The lowest BCUT2D eigenvalue weighted by atomic mass is 9.95. The summed E-state index contributed by atoms with van der Waals surface area (Å²) < 4.78 is 0. The number of nitrogens with one attached hydrogen (secondary N) is 2. The molecule has 0 atom stereocenters. The third kappa shape index (κ3) is 5.22. The van der Waals surface area contributed by atoms with E-state index in [1.54, 1.807) is 5.57 Å². The maximum Gasteiger partial charge on any atom is 0.132 e. The number of rotatable bonds is 6. The molecule has 0 aromatic carbocycles. The van der Waals surface area contributed by atoms with Crippen molar-refractivity contribution in [3.63, 3.8) is 0 Å². The van der Waals surface area contributed by atoms with E-state index in [9.17, 15) is 0 Å². The lowest BCUT2D eigenvalue weighted by Gasteiger charge is -2.23. The van der Waals surface area contributed by atoms with E-state index in [4.69, 9.17) is 0 Å². The minimum absolute atomic E-state index is 0.582. The first-order valence-electron chi connectivity index (χ1n) is 9.33. The van der Waals surface area contributed by atoms with Crippen LogP contribution < -0.4 is 10.6 Å². The van der Waals surface area contributed by atoms with Crippen molar-refractivity contribution in [2.24, 2.45) is 0 Å². The number of hydrogen-bond donors (Lipinski definition) is 2. The number of nitrogens with zero attached hydrogens (tertiary/aromatic N) is 2. The van der Waals surface area contributed by atoms with Crippen LogP contribution in [0.3, 0.4) is 0 Å². The maximum absolute atomic E-state index is 4.55. The van der Waals surface area contributed by atoms with Gasteiger partial charge >= 0.3 is 0 Å². The molecule has 2 aliphatic carbocycles. The Hall–Kier alpha value is -1.58. The van der Waals surface area contributed by atoms with Gasteiger partial charge in [0.25, 0.3) is 0 Å². The highest BCUT2D eigenvalue weighted by atomic mass is 15.1. The van der Waals surface area contributed by atoms with E-state index in [1.807, 2.05) is 6.92 Å². The lowest BCUT2D eigenvalue weighted by Crippen LogP contribution is -2.23. The summed E-state index contributed by atoms with van der Waals surface area (Å²) in [5.74, 6) is 2.76. The van der Waals surface area contributed by atoms with Crippen LogP contribution in [0.1, 0.15) is 70.0 Å². The Morgan fingerprint density at radius 2 is 1.87 bits per heavy atom. The molecule has 2 aliphatic rings. The number of anilines is 2. The van der Waals surface area contributed by atoms with Crippen molar-refractivity contribution in [1.29, 1.82) is 0 Å². The molecule has 3 rings (SSSR count). The first kappa shape index (κ1) is 16.3. The van der Waals surface area contributed by atoms with E-state index in [1.165, 1.54) is 57.8 Å². The second-order valence-corrected chi connectivity index (χ2v) is 6.95. The normalized spacial score (nSPS) is 19.3. The molecule has 0 aliphatic heterocycles. The summed E-state index contributed by atoms with van der Waals surface area (Å²) >= 11 is 0. The molecule has 0 saturated heterocycles. The van der Waals surface area contributed by atoms with Crippen molar-refractivity contribution in [1.82, 2.24) is 9.97 Å². The van der Waals surface area contributed by atoms with E-state index in [2.05, 4.69) is 32.7 Å². The zero-order valence-corrected chi connectivity index (χ0v) is 14.4. The Morgan fingerprint density at radius 3 is 2.65 bits per heavy atom. The molecule has 1 heterocycles. The van der Waals surface area contributed by atoms with Crippen LogP contribution in [0, 0.1) is 6.92 Å². The summed E-state index contributed by atoms with van der Waals surface area (Å²) in [6.07, 6.45) is 15.4. The quantitative estimate of drug-likeness (QED) is 0.738. The fourth-order valence-electron chi connectivity index (χ4n) is 3.67. The second-order valence-electron chi connectivity index (χ2n) is 6.95. The van der Waals surface area contributed by atoms with E-state index >= 15 is 0 Å². The van der Waals surface area contributed by atoms with Gasteiger partial charge < -0.3 is 10.6 Å². The number of aromatic nitrogens is 2. The van der Waals surface area contributed by atoms with Crippen LogP contribution in [0.2, 0.25) is 0 Å². The topological polar surface area (TPSA) is 49.8 Å². The van der Waals surface area contributed by atoms with Gasteiger partial charge in [-0.3, -0.25) is 0 Å². The Balaban J connectivity index is 1.53. The molecule has 1 fully saturated rings. The molecule has 0 unspecified atom stereocenters. The van der Waals surface area contributed by atoms with Crippen molar-refractivity contribution in [3.05, 3.63) is 23.5 Å². The summed E-state index contributed by atoms with van der Waals surface area (Å²) in [6.45, 7) is 2.94. The van der Waals surface area contributed by atoms with Gasteiger partial charge in [0.1, 0.15) is 17.5 Å². The van der Waals surface area contributed by atoms with Crippen LogP contribution in [0.4, 0.5) is 11.6 Å². The standard InChI is InChI=1S/C19H30N4/c1-15-21-18(20-13-12-16-8-4-2-5-9-16)14-19(22-15)23-17-10-6-3-7-11-17/h8,14,17H,2-7,9-13H2,1H3,(H2,20,21,22,23). The van der Waals surface area contributed by atoms with Crippen LogP contribution in [0.25, 0.3) is 0 Å². The predicted molar refractivity (Wildman–Crippen MR) is 96.9 cm³/mol. The number of hydrogen-bond acceptors (Lipinski definition) is 4. The van der Waals surface area contributed by atoms with Crippen LogP contribution in [-0.2, 0) is 0 Å². The average molecular weight is 314 g/mol. The van der Waals surface area contributed by atoms with Gasteiger partial charge in [0, 0.05) is 18.7 Å². The molecule has 4 heteroatoms. The van der Waals surface area contributed by atoms with Crippen molar-refractivity contribution in [2.75, 3.05) is 17.2 Å². The van der Waals surface area contributed by atoms with Crippen molar-refractivity contribution in [3.8, 4) is 0 Å². The highest BCUT2D eigenvalue weighted by Crippen LogP contribution is 2.22. The zero-order chi connectivity index (χ0) is 15.9. The lowest BCUT2D eigenvalue weighted by molar-refractivity contribution is 0.462. The maximum atomic E-state index is 4.55. The number of aryl methyl sites for hydroxylation is 1. The Bertz CT molecular complexity index is 532. The third-order valence-corrected chi connectivity index (χ3v) is 4.93. The van der Waals surface area contributed by atoms with Crippen molar-refractivity contribution in [2.45, 2.75) is 77.2 Å². The molecule has 0 bridgehead atoms. The second kappa shape index (κ2) is 8.32. The van der Waals surface area contributed by atoms with E-state index in [-0.39, 0.29) is 0 Å². The fraction of sp³-hybridized carbons (Fsp3) is 0.684. The summed E-state index contributed by atoms with van der Waals surface area (Å²) in [5.41, 5.74) is 1.61. The Kier molecular flexibility index (Phi) is 5.89. The monoisotopic (exact) mass is 314 g/mol. The van der Waals surface area contributed by atoms with Gasteiger partial charge in [-0.2, -0.15) is 0 Å². The molecule has 4 nitrogen and oxygen atoms in total. The highest BCUT2D eigenvalue weighted by Gasteiger charge is 2.14. The van der Waals surface area contributed by atoms with Crippen LogP contribution in [0.5, 0.6) is 0 Å². The van der Waals surface area contributed by atoms with E-state index in [0.717, 1.165) is 30.4 Å². The summed E-state index contributed by atoms with van der Waals surface area (Å²) in [5, 5.41) is 7.08. The summed E-state index contributed by atoms with van der Waals surface area (Å²) in [7, 11) is 0. The van der Waals surface area contributed by atoms with Gasteiger partial charge in [0.2, 0.25) is 0 Å². The predicted octanol–water partition coefficient (Wildman–Crippen LogP) is 4.83. The van der Waals surface area contributed by atoms with Gasteiger partial charge in [0.05, 0.1) is 0 Å². The molecule has 0 radical (unpaired) electrons. The molecule has 2 N–H and O–H groups in total. The fourth-order valence-corrected chi connectivity index (χ4v) is 3.67. The molecule has 23 heavy (non-hydrogen) atoms. The van der Waals surface area contributed by atoms with Gasteiger partial charge in [-0.05, 0) is 51.9 Å². The number of allylic oxidation sites excluding steroid dienone is 1. The van der Waals surface area contributed by atoms with Gasteiger partial charge in [-0.25, -0.2) is 9.97 Å². The SMILES string of the molecule is Cc1nc(NCCC2=CCCCC2)cc(NC2CCCCC2)n1. The van der Waals surface area contributed by atoms with Gasteiger partial charge in [0.15, 0.2) is 0 Å². The van der Waals surface area contributed by atoms with Crippen molar-refractivity contribution < 1.29 is 0 Å². The molecule has 0 spiro atoms. The summed E-state index contributed by atoms with van der Waals surface area (Å²) in [6, 6.07) is 2.65. The summed E-state index contributed by atoms with van der Waals surface area (Å²) in [4.78, 5) is 9.08. The Morgan fingerprint density at radius 1 is 1.04 bits per heavy atom. The minimum Gasteiger partial charge on any atom is -0.370 e. The zero-order valence-electron chi connectivity index (χ0n) is 14.4. The minimum atomic E-state index is 0.582. The van der Waals surface area contributed by atoms with E-state index < -0.39 is 0 Å². The smallest absolute Gasteiger partial charge is 0.132 e. The third-order valence-electron chi connectivity index (χ3n) is 4.93. The molecular formula is C19H30N4. The van der Waals surface area contributed by atoms with Gasteiger partial charge in [-0.15, -0.1) is 0 Å². The van der Waals surface area contributed by atoms with Crippen LogP contribution in [-0.4, -0.2) is 22.6 Å². The first-order valence-corrected chi connectivity index (χ1v) is 9.33. The van der Waals surface area contributed by atoms with Crippen molar-refractivity contribution >= 4 is 11.6 Å². The first-order chi connectivity index (χ1) is 11.3. The largest absolute Gasteiger partial charge is 0.370 e. The average Bonchev–Trinajstić information content (AvgIpc) is 2.56.